The van der Waals surface area contributed by atoms with Gasteiger partial charge in [0.2, 0.25) is 11.8 Å². The second kappa shape index (κ2) is 8.65. The highest BCUT2D eigenvalue weighted by atomic mass is 19.1. The van der Waals surface area contributed by atoms with Gasteiger partial charge in [-0.3, -0.25) is 4.68 Å². The van der Waals surface area contributed by atoms with Gasteiger partial charge in [-0.1, -0.05) is 0 Å². The number of hydrogen-bond donors (Lipinski definition) is 0. The molecule has 2 aliphatic rings. The first-order chi connectivity index (χ1) is 17.4. The van der Waals surface area contributed by atoms with E-state index >= 15 is 0 Å². The Morgan fingerprint density at radius 3 is 2.56 bits per heavy atom. The van der Waals surface area contributed by atoms with Crippen molar-refractivity contribution in [3.05, 3.63) is 65.9 Å². The van der Waals surface area contributed by atoms with Crippen molar-refractivity contribution < 1.29 is 17.9 Å². The molecule has 0 bridgehead atoms. The number of hydrogen-bond acceptors (Lipinski definition) is 8. The molecular formula is C25H25F2N7O2. The Balaban J connectivity index is 1.26. The molecule has 0 spiro atoms. The summed E-state index contributed by atoms with van der Waals surface area (Å²) < 4.78 is 40.6. The molecule has 0 N–H and O–H groups in total. The number of halogens is 2. The highest BCUT2D eigenvalue weighted by Crippen LogP contribution is 2.52. The molecule has 3 aromatic heterocycles. The normalized spacial score (nSPS) is 17.4. The molecule has 6 rings (SSSR count). The number of ether oxygens (including phenoxy) is 1. The van der Waals surface area contributed by atoms with Crippen LogP contribution in [-0.2, 0) is 12.5 Å². The van der Waals surface area contributed by atoms with Crippen LogP contribution in [0.4, 0.5) is 14.6 Å². The van der Waals surface area contributed by atoms with Gasteiger partial charge in [-0.15, -0.1) is 10.2 Å². The molecule has 2 fully saturated rings. The van der Waals surface area contributed by atoms with E-state index in [1.165, 1.54) is 12.1 Å². The zero-order chi connectivity index (χ0) is 24.9. The van der Waals surface area contributed by atoms with Crippen molar-refractivity contribution in [3.63, 3.8) is 0 Å². The largest absolute Gasteiger partial charge is 0.487 e. The molecule has 1 aliphatic heterocycles. The lowest BCUT2D eigenvalue weighted by Crippen LogP contribution is -2.39. The van der Waals surface area contributed by atoms with Crippen molar-refractivity contribution in [3.8, 4) is 17.0 Å². The van der Waals surface area contributed by atoms with E-state index in [4.69, 9.17) is 19.1 Å². The van der Waals surface area contributed by atoms with Crippen LogP contribution >= 0.6 is 0 Å². The average molecular weight is 494 g/mol. The number of aromatic nitrogens is 6. The van der Waals surface area contributed by atoms with Crippen LogP contribution in [0.25, 0.3) is 11.3 Å². The number of aryl methyl sites for hydroxylation is 2. The summed E-state index contributed by atoms with van der Waals surface area (Å²) in [5, 5.41) is 12.6. The third kappa shape index (κ3) is 4.08. The Hall–Kier alpha value is -3.89. The lowest BCUT2D eigenvalue weighted by molar-refractivity contribution is 0.163. The van der Waals surface area contributed by atoms with Gasteiger partial charge in [0.15, 0.2) is 17.4 Å². The monoisotopic (exact) mass is 493 g/mol. The highest BCUT2D eigenvalue weighted by molar-refractivity contribution is 5.71. The number of piperidine rings is 1. The third-order valence-electron chi connectivity index (χ3n) is 6.84. The summed E-state index contributed by atoms with van der Waals surface area (Å²) in [5.74, 6) is 0.617. The van der Waals surface area contributed by atoms with Gasteiger partial charge in [-0.05, 0) is 25.0 Å². The molecule has 1 saturated heterocycles. The van der Waals surface area contributed by atoms with Crippen molar-refractivity contribution in [1.29, 1.82) is 0 Å². The van der Waals surface area contributed by atoms with Gasteiger partial charge in [-0.25, -0.2) is 18.7 Å². The second-order valence-electron chi connectivity index (χ2n) is 9.42. The van der Waals surface area contributed by atoms with Crippen LogP contribution in [0.1, 0.15) is 43.2 Å². The van der Waals surface area contributed by atoms with Crippen LogP contribution in [0.5, 0.6) is 5.75 Å². The highest BCUT2D eigenvalue weighted by Gasteiger charge is 2.52. The lowest BCUT2D eigenvalue weighted by Gasteiger charge is -2.33. The molecular weight excluding hydrogens is 468 g/mol. The Kier molecular flexibility index (Phi) is 5.42. The van der Waals surface area contributed by atoms with Crippen LogP contribution in [0.15, 0.2) is 41.2 Å². The molecule has 1 aromatic carbocycles. The molecule has 0 unspecified atom stereocenters. The lowest BCUT2D eigenvalue weighted by atomic mass is 10.0. The van der Waals surface area contributed by atoms with E-state index in [9.17, 15) is 8.78 Å². The predicted molar refractivity (Wildman–Crippen MR) is 126 cm³/mol. The Morgan fingerprint density at radius 2 is 1.92 bits per heavy atom. The van der Waals surface area contributed by atoms with E-state index in [1.807, 2.05) is 13.2 Å². The summed E-state index contributed by atoms with van der Waals surface area (Å²) in [6.45, 7) is 3.09. The molecule has 4 heterocycles. The van der Waals surface area contributed by atoms with Gasteiger partial charge in [0.25, 0.3) is 0 Å². The molecule has 0 atom stereocenters. The fourth-order valence-electron chi connectivity index (χ4n) is 4.71. The molecule has 4 aromatic rings. The minimum atomic E-state index is -0.691. The third-order valence-corrected chi connectivity index (χ3v) is 6.84. The van der Waals surface area contributed by atoms with E-state index in [1.54, 1.807) is 24.0 Å². The predicted octanol–water partition coefficient (Wildman–Crippen LogP) is 3.97. The van der Waals surface area contributed by atoms with Gasteiger partial charge in [0.05, 0.1) is 23.5 Å². The Bertz CT molecular complexity index is 1410. The molecule has 9 nitrogen and oxygen atoms in total. The zero-order valence-corrected chi connectivity index (χ0v) is 20.0. The van der Waals surface area contributed by atoms with Gasteiger partial charge in [-0.2, -0.15) is 5.10 Å². The maximum absolute atomic E-state index is 14.0. The van der Waals surface area contributed by atoms with E-state index in [0.717, 1.165) is 41.7 Å². The van der Waals surface area contributed by atoms with E-state index in [0.29, 0.717) is 37.7 Å². The maximum atomic E-state index is 14.0. The summed E-state index contributed by atoms with van der Waals surface area (Å²) >= 11 is 0. The fourth-order valence-corrected chi connectivity index (χ4v) is 4.71. The van der Waals surface area contributed by atoms with Crippen LogP contribution in [-0.4, -0.2) is 49.1 Å². The molecule has 0 radical (unpaired) electrons. The van der Waals surface area contributed by atoms with Crippen LogP contribution < -0.4 is 9.64 Å². The van der Waals surface area contributed by atoms with Crippen LogP contribution in [0, 0.1) is 18.6 Å². The van der Waals surface area contributed by atoms with E-state index < -0.39 is 17.0 Å². The average Bonchev–Trinajstić information content (AvgIpc) is 3.38. The standard InChI is InChI=1S/C25H25F2N7O2/c1-15-31-32-24(35-15)25(7-8-25)21-13-28-23(22(30-21)16-12-29-33(2)14-16)34-9-5-18(6-10-34)36-20-4-3-17(26)11-19(20)27/h3-4,11-14,18H,5-10H2,1-2H3. The molecule has 1 aliphatic carbocycles. The van der Waals surface area contributed by atoms with Gasteiger partial charge >= 0.3 is 0 Å². The van der Waals surface area contributed by atoms with E-state index in [2.05, 4.69) is 20.2 Å². The zero-order valence-electron chi connectivity index (χ0n) is 20.0. The van der Waals surface area contributed by atoms with Gasteiger partial charge < -0.3 is 14.1 Å². The van der Waals surface area contributed by atoms with Crippen LogP contribution in [0.3, 0.4) is 0 Å². The SMILES string of the molecule is Cc1nnc(C2(c3cnc(N4CCC(Oc5ccc(F)cc5F)CC4)c(-c4cnn(C)c4)n3)CC2)o1. The Labute approximate surface area is 206 Å². The summed E-state index contributed by atoms with van der Waals surface area (Å²) in [5.41, 5.74) is 2.01. The first-order valence-corrected chi connectivity index (χ1v) is 11.9. The first kappa shape index (κ1) is 22.6. The number of nitrogens with zero attached hydrogens (tertiary/aromatic N) is 7. The molecule has 0 amide bonds. The fraction of sp³-hybridized carbons (Fsp3) is 0.400. The van der Waals surface area contributed by atoms with Gasteiger partial charge in [0.1, 0.15) is 17.6 Å². The first-order valence-electron chi connectivity index (χ1n) is 11.9. The van der Waals surface area contributed by atoms with Crippen molar-refractivity contribution >= 4 is 5.82 Å². The Morgan fingerprint density at radius 1 is 1.11 bits per heavy atom. The molecule has 186 valence electrons. The topological polar surface area (TPSA) is 95.0 Å². The minimum absolute atomic E-state index is 0.0704. The minimum Gasteiger partial charge on any atom is -0.487 e. The van der Waals surface area contributed by atoms with Crippen molar-refractivity contribution in [1.82, 2.24) is 29.9 Å². The molecule has 1 saturated carbocycles. The number of anilines is 1. The number of benzene rings is 1. The molecule has 36 heavy (non-hydrogen) atoms. The summed E-state index contributed by atoms with van der Waals surface area (Å²) in [6, 6.07) is 3.37. The van der Waals surface area contributed by atoms with Crippen molar-refractivity contribution in [2.24, 2.45) is 7.05 Å². The summed E-state index contributed by atoms with van der Waals surface area (Å²) in [7, 11) is 1.86. The maximum Gasteiger partial charge on any atom is 0.228 e. The van der Waals surface area contributed by atoms with Gasteiger partial charge in [0, 0.05) is 57.7 Å². The number of rotatable bonds is 6. The second-order valence-corrected chi connectivity index (χ2v) is 9.42. The van der Waals surface area contributed by atoms with E-state index in [-0.39, 0.29) is 11.9 Å². The van der Waals surface area contributed by atoms with Crippen molar-refractivity contribution in [2.75, 3.05) is 18.0 Å². The summed E-state index contributed by atoms with van der Waals surface area (Å²) in [6.07, 6.45) is 8.40. The smallest absolute Gasteiger partial charge is 0.228 e. The van der Waals surface area contributed by atoms with Crippen molar-refractivity contribution in [2.45, 2.75) is 44.1 Å². The molecule has 11 heteroatoms. The quantitative estimate of drug-likeness (QED) is 0.398. The summed E-state index contributed by atoms with van der Waals surface area (Å²) in [4.78, 5) is 12.1. The van der Waals surface area contributed by atoms with Crippen LogP contribution in [0.2, 0.25) is 0 Å².